The van der Waals surface area contributed by atoms with Gasteiger partial charge in [-0.1, -0.05) is 11.3 Å². The van der Waals surface area contributed by atoms with Gasteiger partial charge in [0.1, 0.15) is 6.04 Å². The van der Waals surface area contributed by atoms with E-state index in [1.54, 1.807) is 12.3 Å². The smallest absolute Gasteiger partial charge is 0.475 e. The van der Waals surface area contributed by atoms with Crippen LogP contribution in [0.2, 0.25) is 0 Å². The van der Waals surface area contributed by atoms with Crippen molar-refractivity contribution in [1.82, 2.24) is 35.0 Å². The Kier molecular flexibility index (Phi) is 8.65. The lowest BCUT2D eigenvalue weighted by atomic mass is 10.0. The minimum Gasteiger partial charge on any atom is -0.475 e. The third-order valence-corrected chi connectivity index (χ3v) is 7.28. The van der Waals surface area contributed by atoms with E-state index in [9.17, 15) is 32.3 Å². The molecule has 1 aromatic carbocycles. The van der Waals surface area contributed by atoms with Crippen LogP contribution in [-0.2, 0) is 20.9 Å². The predicted molar refractivity (Wildman–Crippen MR) is 138 cm³/mol. The van der Waals surface area contributed by atoms with E-state index in [4.69, 9.17) is 9.90 Å². The number of piperidine rings is 1. The van der Waals surface area contributed by atoms with E-state index < -0.39 is 24.1 Å². The number of carbonyl (C=O) groups is 5. The second-order valence-electron chi connectivity index (χ2n) is 10.6. The number of carboxylic acid groups (broad SMARTS) is 1. The normalized spacial score (nSPS) is 20.7. The molecule has 1 aromatic heterocycles. The van der Waals surface area contributed by atoms with Gasteiger partial charge in [-0.05, 0) is 58.0 Å². The van der Waals surface area contributed by atoms with Crippen molar-refractivity contribution in [3.63, 3.8) is 0 Å². The number of alkyl halides is 3. The van der Waals surface area contributed by atoms with Crippen molar-refractivity contribution >= 4 is 29.6 Å². The van der Waals surface area contributed by atoms with Crippen LogP contribution >= 0.6 is 0 Å². The summed E-state index contributed by atoms with van der Waals surface area (Å²) in [4.78, 5) is 64.7. The number of amides is 4. The van der Waals surface area contributed by atoms with Gasteiger partial charge < -0.3 is 19.8 Å². The number of aliphatic carboxylic acids is 1. The molecule has 2 N–H and O–H groups in total. The van der Waals surface area contributed by atoms with Crippen LogP contribution in [0.1, 0.15) is 59.5 Å². The van der Waals surface area contributed by atoms with Gasteiger partial charge in [0, 0.05) is 37.2 Å². The van der Waals surface area contributed by atoms with Crippen LogP contribution in [0.4, 0.5) is 13.2 Å². The highest BCUT2D eigenvalue weighted by molar-refractivity contribution is 6.05. The van der Waals surface area contributed by atoms with E-state index in [1.807, 2.05) is 30.9 Å². The Labute approximate surface area is 238 Å². The van der Waals surface area contributed by atoms with Crippen molar-refractivity contribution in [3.8, 4) is 5.69 Å². The Hall–Kier alpha value is -4.34. The molecule has 0 aliphatic carbocycles. The fourth-order valence-corrected chi connectivity index (χ4v) is 5.27. The SMILES string of the molecule is CC(C)N(C(=O)c1cn(-c2ccc3c(c2)C(=O)N(C2CCC(=O)NC2=O)C3)nn1)[C@@H]1CCN(C)C1.O=C(O)C(F)(F)F. The average molecular weight is 594 g/mol. The molecule has 5 rings (SSSR count). The monoisotopic (exact) mass is 593 g/mol. The number of hydrogen-bond acceptors (Lipinski definition) is 8. The number of nitrogens with one attached hydrogen (secondary N) is 1. The second-order valence-corrected chi connectivity index (χ2v) is 10.6. The highest BCUT2D eigenvalue weighted by Crippen LogP contribution is 2.29. The van der Waals surface area contributed by atoms with Crippen molar-refractivity contribution in [3.05, 3.63) is 41.2 Å². The second kappa shape index (κ2) is 11.9. The van der Waals surface area contributed by atoms with Gasteiger partial charge in [-0.15, -0.1) is 5.10 Å². The lowest BCUT2D eigenvalue weighted by molar-refractivity contribution is -0.192. The van der Waals surface area contributed by atoms with Crippen LogP contribution in [0.25, 0.3) is 5.69 Å². The summed E-state index contributed by atoms with van der Waals surface area (Å²) in [5.74, 6) is -3.93. The summed E-state index contributed by atoms with van der Waals surface area (Å²) in [5, 5.41) is 17.7. The zero-order valence-electron chi connectivity index (χ0n) is 23.1. The van der Waals surface area contributed by atoms with Crippen molar-refractivity contribution in [2.45, 2.75) is 64.0 Å². The molecule has 226 valence electrons. The number of carboxylic acids is 1. The van der Waals surface area contributed by atoms with Crippen LogP contribution in [0.15, 0.2) is 24.4 Å². The number of nitrogens with zero attached hydrogens (tertiary/aromatic N) is 6. The molecule has 0 radical (unpaired) electrons. The van der Waals surface area contributed by atoms with Crippen molar-refractivity contribution in [2.24, 2.45) is 0 Å². The maximum atomic E-state index is 13.3. The summed E-state index contributed by atoms with van der Waals surface area (Å²) in [6.45, 7) is 6.09. The number of carbonyl (C=O) groups excluding carboxylic acids is 4. The Morgan fingerprint density at radius 1 is 1.17 bits per heavy atom. The Morgan fingerprint density at radius 2 is 1.86 bits per heavy atom. The van der Waals surface area contributed by atoms with Gasteiger partial charge in [-0.2, -0.15) is 13.2 Å². The molecule has 2 saturated heterocycles. The van der Waals surface area contributed by atoms with E-state index in [0.29, 0.717) is 24.2 Å². The van der Waals surface area contributed by atoms with E-state index in [2.05, 4.69) is 27.6 Å². The van der Waals surface area contributed by atoms with Crippen molar-refractivity contribution in [2.75, 3.05) is 20.1 Å². The molecule has 42 heavy (non-hydrogen) atoms. The van der Waals surface area contributed by atoms with Crippen molar-refractivity contribution < 1.29 is 42.3 Å². The lowest BCUT2D eigenvalue weighted by Gasteiger charge is -2.32. The fourth-order valence-electron chi connectivity index (χ4n) is 5.27. The summed E-state index contributed by atoms with van der Waals surface area (Å²) in [6.07, 6.45) is -2.04. The number of hydrogen-bond donors (Lipinski definition) is 2. The van der Waals surface area contributed by atoms with E-state index >= 15 is 0 Å². The van der Waals surface area contributed by atoms with Gasteiger partial charge >= 0.3 is 12.1 Å². The number of rotatable bonds is 5. The molecular weight excluding hydrogens is 563 g/mol. The molecule has 0 bridgehead atoms. The van der Waals surface area contributed by atoms with Gasteiger partial charge in [0.05, 0.1) is 11.9 Å². The molecule has 2 aromatic rings. The highest BCUT2D eigenvalue weighted by atomic mass is 19.4. The molecule has 4 amide bonds. The number of aromatic nitrogens is 3. The van der Waals surface area contributed by atoms with Gasteiger partial charge in [-0.3, -0.25) is 24.5 Å². The molecular formula is C26H30F3N7O6. The molecule has 16 heteroatoms. The molecule has 3 aliphatic heterocycles. The Bertz CT molecular complexity index is 1410. The quantitative estimate of drug-likeness (QED) is 0.486. The van der Waals surface area contributed by atoms with Crippen LogP contribution < -0.4 is 5.32 Å². The third kappa shape index (κ3) is 6.42. The first-order valence-electron chi connectivity index (χ1n) is 13.2. The molecule has 0 saturated carbocycles. The largest absolute Gasteiger partial charge is 0.490 e. The molecule has 13 nitrogen and oxygen atoms in total. The van der Waals surface area contributed by atoms with E-state index in [0.717, 1.165) is 25.1 Å². The highest BCUT2D eigenvalue weighted by Gasteiger charge is 2.40. The lowest BCUT2D eigenvalue weighted by Crippen LogP contribution is -2.52. The number of benzene rings is 1. The maximum Gasteiger partial charge on any atom is 0.490 e. The number of halogens is 3. The first-order valence-corrected chi connectivity index (χ1v) is 13.2. The minimum absolute atomic E-state index is 0.0278. The summed E-state index contributed by atoms with van der Waals surface area (Å²) < 4.78 is 33.2. The van der Waals surface area contributed by atoms with Crippen molar-refractivity contribution in [1.29, 1.82) is 0 Å². The third-order valence-electron chi connectivity index (χ3n) is 7.28. The van der Waals surface area contributed by atoms with Crippen LogP contribution in [0.5, 0.6) is 0 Å². The summed E-state index contributed by atoms with van der Waals surface area (Å²) in [6, 6.07) is 4.84. The first-order chi connectivity index (χ1) is 19.7. The van der Waals surface area contributed by atoms with Gasteiger partial charge in [-0.25, -0.2) is 9.48 Å². The zero-order chi connectivity index (χ0) is 30.9. The molecule has 2 fully saturated rings. The maximum absolute atomic E-state index is 13.3. The topological polar surface area (TPSA) is 158 Å². The number of imide groups is 1. The summed E-state index contributed by atoms with van der Waals surface area (Å²) in [7, 11) is 2.05. The summed E-state index contributed by atoms with van der Waals surface area (Å²) >= 11 is 0. The minimum atomic E-state index is -5.08. The van der Waals surface area contributed by atoms with E-state index in [1.165, 1.54) is 9.58 Å². The molecule has 3 aliphatic rings. The molecule has 0 spiro atoms. The van der Waals surface area contributed by atoms with E-state index in [-0.39, 0.29) is 41.9 Å². The number of fused-ring (bicyclic) bond motifs is 1. The standard InChI is InChI=1S/C24H29N7O4.C2HF3O2/c1-14(2)31(17-8-9-28(3)12-17)24(35)19-13-30(27-26-19)16-5-4-15-11-29(23(34)18(15)10-16)20-6-7-21(32)25-22(20)33;3-2(4,5)1(6)7/h4-5,10,13-14,17,20H,6-9,11-12H2,1-3H3,(H,25,32,33);(H,6,7)/t17-,20?;/m1./s1. The molecule has 1 unspecified atom stereocenters. The number of likely N-dealkylation sites (N-methyl/N-ethyl adjacent to an activating group) is 1. The van der Waals surface area contributed by atoms with Gasteiger partial charge in [0.2, 0.25) is 11.8 Å². The Balaban J connectivity index is 0.000000517. The zero-order valence-corrected chi connectivity index (χ0v) is 23.1. The Morgan fingerprint density at radius 3 is 2.43 bits per heavy atom. The molecule has 2 atom stereocenters. The summed E-state index contributed by atoms with van der Waals surface area (Å²) in [5.41, 5.74) is 2.14. The van der Waals surface area contributed by atoms with Gasteiger partial charge in [0.15, 0.2) is 5.69 Å². The predicted octanol–water partition coefficient (Wildman–Crippen LogP) is 1.22. The van der Waals surface area contributed by atoms with Crippen LogP contribution in [0.3, 0.4) is 0 Å². The van der Waals surface area contributed by atoms with Crippen LogP contribution in [0, 0.1) is 0 Å². The first kappa shape index (κ1) is 30.6. The molecule has 4 heterocycles. The van der Waals surface area contributed by atoms with Gasteiger partial charge in [0.25, 0.3) is 11.8 Å². The average Bonchev–Trinajstić information content (AvgIpc) is 3.63. The fraction of sp³-hybridized carbons (Fsp3) is 0.500. The number of likely N-dealkylation sites (tertiary alicyclic amines) is 1. The van der Waals surface area contributed by atoms with Crippen LogP contribution in [-0.4, -0.2) is 109 Å².